The summed E-state index contributed by atoms with van der Waals surface area (Å²) in [6.07, 6.45) is -4.61. The predicted octanol–water partition coefficient (Wildman–Crippen LogP) is -2.56. The molecule has 0 aromatic rings. The molecule has 0 radical (unpaired) electrons. The smallest absolute Gasteiger partial charge is 0.106 e. The summed E-state index contributed by atoms with van der Waals surface area (Å²) in [6, 6.07) is 0. The number of aliphatic hydroxyl groups excluding tert-OH is 5. The third-order valence-electron chi connectivity index (χ3n) is 2.37. The Morgan fingerprint density at radius 1 is 0.917 bits per heavy atom. The van der Waals surface area contributed by atoms with Gasteiger partial charge < -0.3 is 25.5 Å². The molecular weight excluding hydrogens is 164 g/mol. The third-order valence-corrected chi connectivity index (χ3v) is 2.37. The lowest BCUT2D eigenvalue weighted by atomic mass is 9.81. The van der Waals surface area contributed by atoms with Crippen molar-refractivity contribution >= 4 is 0 Å². The van der Waals surface area contributed by atoms with Crippen molar-refractivity contribution in [1.82, 2.24) is 0 Å². The predicted molar refractivity (Wildman–Crippen MR) is 39.2 cm³/mol. The second-order valence-corrected chi connectivity index (χ2v) is 3.20. The van der Waals surface area contributed by atoms with E-state index in [9.17, 15) is 10.2 Å². The van der Waals surface area contributed by atoms with E-state index in [0.717, 1.165) is 0 Å². The molecule has 1 rings (SSSR count). The van der Waals surface area contributed by atoms with Crippen LogP contribution in [0.3, 0.4) is 0 Å². The SMILES string of the molecule is OC[C@@H]1[C@@H](O)[C@H](O)[C@@H](O)C[C@@H]1O. The molecule has 0 heterocycles. The minimum atomic E-state index is -1.27. The second-order valence-electron chi connectivity index (χ2n) is 3.20. The molecule has 1 aliphatic rings. The van der Waals surface area contributed by atoms with Gasteiger partial charge >= 0.3 is 0 Å². The normalized spacial score (nSPS) is 49.2. The molecule has 0 bridgehead atoms. The van der Waals surface area contributed by atoms with Crippen LogP contribution in [0, 0.1) is 5.92 Å². The molecule has 0 amide bonds. The molecule has 0 aliphatic heterocycles. The van der Waals surface area contributed by atoms with Gasteiger partial charge in [-0.2, -0.15) is 0 Å². The molecule has 0 aromatic heterocycles. The third kappa shape index (κ3) is 1.60. The lowest BCUT2D eigenvalue weighted by Crippen LogP contribution is -2.53. The van der Waals surface area contributed by atoms with Gasteiger partial charge in [0.2, 0.25) is 0 Å². The van der Waals surface area contributed by atoms with Gasteiger partial charge in [-0.15, -0.1) is 0 Å². The fraction of sp³-hybridized carbons (Fsp3) is 1.00. The maximum atomic E-state index is 9.25. The first-order valence-electron chi connectivity index (χ1n) is 3.91. The van der Waals surface area contributed by atoms with Crippen molar-refractivity contribution in [2.24, 2.45) is 5.92 Å². The Kier molecular flexibility index (Phi) is 3.03. The highest BCUT2D eigenvalue weighted by Crippen LogP contribution is 2.25. The molecule has 1 aliphatic carbocycles. The molecule has 0 unspecified atom stereocenters. The van der Waals surface area contributed by atoms with Gasteiger partial charge in [-0.1, -0.05) is 0 Å². The molecule has 0 saturated heterocycles. The van der Waals surface area contributed by atoms with Crippen LogP contribution >= 0.6 is 0 Å². The fourth-order valence-corrected chi connectivity index (χ4v) is 1.50. The van der Waals surface area contributed by atoms with E-state index in [2.05, 4.69) is 0 Å². The largest absolute Gasteiger partial charge is 0.396 e. The van der Waals surface area contributed by atoms with Crippen LogP contribution < -0.4 is 0 Å². The van der Waals surface area contributed by atoms with Gasteiger partial charge in [0.15, 0.2) is 0 Å². The zero-order valence-electron chi connectivity index (χ0n) is 6.54. The number of aliphatic hydroxyl groups is 5. The van der Waals surface area contributed by atoms with E-state index in [1.165, 1.54) is 0 Å². The summed E-state index contributed by atoms with van der Waals surface area (Å²) in [6.45, 7) is -0.397. The van der Waals surface area contributed by atoms with Crippen LogP contribution in [0.1, 0.15) is 6.42 Å². The standard InChI is InChI=1S/C7H14O5/c8-2-3-4(9)1-5(10)7(12)6(3)11/h3-12H,1-2H2/t3-,4-,5-,6+,7+/m0/s1. The minimum Gasteiger partial charge on any atom is -0.396 e. The van der Waals surface area contributed by atoms with Gasteiger partial charge in [0, 0.05) is 12.3 Å². The monoisotopic (exact) mass is 178 g/mol. The van der Waals surface area contributed by atoms with Crippen molar-refractivity contribution in [1.29, 1.82) is 0 Å². The first-order valence-corrected chi connectivity index (χ1v) is 3.91. The Morgan fingerprint density at radius 2 is 1.50 bits per heavy atom. The summed E-state index contributed by atoms with van der Waals surface area (Å²) in [5.41, 5.74) is 0. The molecule has 72 valence electrons. The maximum absolute atomic E-state index is 9.25. The van der Waals surface area contributed by atoms with Gasteiger partial charge in [-0.05, 0) is 0 Å². The highest BCUT2D eigenvalue weighted by atomic mass is 16.4. The maximum Gasteiger partial charge on any atom is 0.106 e. The summed E-state index contributed by atoms with van der Waals surface area (Å²) >= 11 is 0. The molecule has 0 spiro atoms. The second kappa shape index (κ2) is 3.68. The Labute approximate surface area is 69.9 Å². The van der Waals surface area contributed by atoms with E-state index in [0.29, 0.717) is 0 Å². The molecule has 0 aromatic carbocycles. The summed E-state index contributed by atoms with van der Waals surface area (Å²) in [5.74, 6) is -0.761. The van der Waals surface area contributed by atoms with E-state index in [4.69, 9.17) is 15.3 Å². The lowest BCUT2D eigenvalue weighted by molar-refractivity contribution is -0.157. The molecule has 12 heavy (non-hydrogen) atoms. The molecule has 1 saturated carbocycles. The van der Waals surface area contributed by atoms with Crippen LogP contribution in [0.25, 0.3) is 0 Å². The summed E-state index contributed by atoms with van der Waals surface area (Å²) < 4.78 is 0. The summed E-state index contributed by atoms with van der Waals surface area (Å²) in [4.78, 5) is 0. The van der Waals surface area contributed by atoms with E-state index in [1.807, 2.05) is 0 Å². The van der Waals surface area contributed by atoms with Crippen LogP contribution in [0.5, 0.6) is 0 Å². The van der Waals surface area contributed by atoms with E-state index in [1.54, 1.807) is 0 Å². The number of rotatable bonds is 1. The summed E-state index contributed by atoms with van der Waals surface area (Å²) in [7, 11) is 0. The Hall–Kier alpha value is -0.200. The van der Waals surface area contributed by atoms with Crippen LogP contribution in [-0.4, -0.2) is 56.6 Å². The topological polar surface area (TPSA) is 101 Å². The van der Waals surface area contributed by atoms with Crippen molar-refractivity contribution < 1.29 is 25.5 Å². The fourth-order valence-electron chi connectivity index (χ4n) is 1.50. The highest BCUT2D eigenvalue weighted by Gasteiger charge is 2.41. The van der Waals surface area contributed by atoms with Crippen LogP contribution in [0.15, 0.2) is 0 Å². The van der Waals surface area contributed by atoms with Crippen LogP contribution in [0.4, 0.5) is 0 Å². The van der Waals surface area contributed by atoms with Crippen molar-refractivity contribution in [3.8, 4) is 0 Å². The first-order chi connectivity index (χ1) is 5.57. The van der Waals surface area contributed by atoms with E-state index in [-0.39, 0.29) is 6.42 Å². The Bertz CT molecular complexity index is 151. The summed E-state index contributed by atoms with van der Waals surface area (Å²) in [5, 5.41) is 45.4. The number of hydrogen-bond donors (Lipinski definition) is 5. The van der Waals surface area contributed by atoms with Gasteiger partial charge in [0.1, 0.15) is 6.10 Å². The Balaban J connectivity index is 2.65. The van der Waals surface area contributed by atoms with Crippen molar-refractivity contribution in [3.63, 3.8) is 0 Å². The molecule has 5 heteroatoms. The Morgan fingerprint density at radius 3 is 2.00 bits per heavy atom. The zero-order valence-corrected chi connectivity index (χ0v) is 6.54. The van der Waals surface area contributed by atoms with Crippen molar-refractivity contribution in [3.05, 3.63) is 0 Å². The minimum absolute atomic E-state index is 0.0105. The first kappa shape index (κ1) is 9.88. The quantitative estimate of drug-likeness (QED) is 0.304. The molecular formula is C7H14O5. The lowest BCUT2D eigenvalue weighted by Gasteiger charge is -2.37. The van der Waals surface area contributed by atoms with Gasteiger partial charge in [0.25, 0.3) is 0 Å². The van der Waals surface area contributed by atoms with E-state index < -0.39 is 36.9 Å². The average molecular weight is 178 g/mol. The molecule has 5 N–H and O–H groups in total. The van der Waals surface area contributed by atoms with Crippen molar-refractivity contribution in [2.45, 2.75) is 30.8 Å². The van der Waals surface area contributed by atoms with Crippen LogP contribution in [0.2, 0.25) is 0 Å². The van der Waals surface area contributed by atoms with E-state index >= 15 is 0 Å². The van der Waals surface area contributed by atoms with Gasteiger partial charge in [-0.3, -0.25) is 0 Å². The van der Waals surface area contributed by atoms with Crippen molar-refractivity contribution in [2.75, 3.05) is 6.61 Å². The molecule has 5 atom stereocenters. The number of hydrogen-bond acceptors (Lipinski definition) is 5. The molecule has 1 fully saturated rings. The highest BCUT2D eigenvalue weighted by molar-refractivity contribution is 4.91. The molecule has 5 nitrogen and oxygen atoms in total. The van der Waals surface area contributed by atoms with Gasteiger partial charge in [0.05, 0.1) is 24.9 Å². The van der Waals surface area contributed by atoms with Gasteiger partial charge in [-0.25, -0.2) is 0 Å². The zero-order chi connectivity index (χ0) is 9.30. The van der Waals surface area contributed by atoms with Crippen LogP contribution in [-0.2, 0) is 0 Å². The average Bonchev–Trinajstić information content (AvgIpc) is 2.01.